The summed E-state index contributed by atoms with van der Waals surface area (Å²) < 4.78 is 0. The fraction of sp³-hybridized carbons (Fsp3) is 0.133. The second-order valence-corrected chi connectivity index (χ2v) is 5.27. The third-order valence-corrected chi connectivity index (χ3v) is 3.95. The highest BCUT2D eigenvalue weighted by atomic mass is 32.1. The van der Waals surface area contributed by atoms with Gasteiger partial charge in [0.15, 0.2) is 0 Å². The van der Waals surface area contributed by atoms with E-state index in [9.17, 15) is 4.79 Å². The molecule has 20 heavy (non-hydrogen) atoms. The first-order chi connectivity index (χ1) is 9.74. The van der Waals surface area contributed by atoms with Crippen LogP contribution in [0.25, 0.3) is 21.5 Å². The average Bonchev–Trinajstić information content (AvgIpc) is 2.93. The molecule has 0 amide bonds. The monoisotopic (exact) mass is 284 g/mol. The highest BCUT2D eigenvalue weighted by molar-refractivity contribution is 7.13. The molecule has 0 spiro atoms. The van der Waals surface area contributed by atoms with Crippen molar-refractivity contribution in [3.63, 3.8) is 0 Å². The summed E-state index contributed by atoms with van der Waals surface area (Å²) in [5.74, 6) is -0.797. The van der Waals surface area contributed by atoms with Gasteiger partial charge < -0.3 is 5.11 Å². The molecule has 0 saturated heterocycles. The van der Waals surface area contributed by atoms with Gasteiger partial charge in [0.25, 0.3) is 0 Å². The number of benzene rings is 1. The Hall–Kier alpha value is -2.27. The summed E-state index contributed by atoms with van der Waals surface area (Å²) in [6.45, 7) is 0. The number of carboxylic acid groups (broad SMARTS) is 1. The molecule has 0 aliphatic heterocycles. The maximum Gasteiger partial charge on any atom is 0.303 e. The molecule has 0 radical (unpaired) electrons. The van der Waals surface area contributed by atoms with Gasteiger partial charge in [0.05, 0.1) is 17.6 Å². The van der Waals surface area contributed by atoms with Crippen molar-refractivity contribution in [3.8, 4) is 10.6 Å². The largest absolute Gasteiger partial charge is 0.481 e. The third-order valence-electron chi connectivity index (χ3n) is 3.03. The zero-order chi connectivity index (χ0) is 13.9. The second kappa shape index (κ2) is 5.38. The molecule has 3 aromatic rings. The maximum atomic E-state index is 10.6. The Kier molecular flexibility index (Phi) is 3.43. The van der Waals surface area contributed by atoms with E-state index in [0.29, 0.717) is 6.42 Å². The van der Waals surface area contributed by atoms with E-state index >= 15 is 0 Å². The highest BCUT2D eigenvalue weighted by Crippen LogP contribution is 2.30. The second-order valence-electron chi connectivity index (χ2n) is 4.41. The van der Waals surface area contributed by atoms with Crippen LogP contribution in [0.5, 0.6) is 0 Å². The van der Waals surface area contributed by atoms with E-state index in [4.69, 9.17) is 5.11 Å². The van der Waals surface area contributed by atoms with Crippen LogP contribution in [0.2, 0.25) is 0 Å². The standard InChI is InChI=1S/C15H12N2O2S/c18-14(19)6-5-10-9-20-15(17-10)12-7-8-16-13-4-2-1-3-11(12)13/h1-4,7-9H,5-6H2,(H,18,19). The van der Waals surface area contributed by atoms with E-state index in [0.717, 1.165) is 27.2 Å². The summed E-state index contributed by atoms with van der Waals surface area (Å²) >= 11 is 1.54. The van der Waals surface area contributed by atoms with Crippen LogP contribution in [0.1, 0.15) is 12.1 Å². The van der Waals surface area contributed by atoms with Gasteiger partial charge in [0, 0.05) is 28.9 Å². The van der Waals surface area contributed by atoms with Gasteiger partial charge in [-0.05, 0) is 12.1 Å². The average molecular weight is 284 g/mol. The molecular formula is C15H12N2O2S. The summed E-state index contributed by atoms with van der Waals surface area (Å²) in [7, 11) is 0. The van der Waals surface area contributed by atoms with E-state index in [-0.39, 0.29) is 6.42 Å². The van der Waals surface area contributed by atoms with Gasteiger partial charge in [-0.1, -0.05) is 18.2 Å². The Morgan fingerprint density at radius 1 is 1.25 bits per heavy atom. The predicted molar refractivity (Wildman–Crippen MR) is 78.8 cm³/mol. The summed E-state index contributed by atoms with van der Waals surface area (Å²) in [4.78, 5) is 19.5. The van der Waals surface area contributed by atoms with Crippen molar-refractivity contribution in [2.45, 2.75) is 12.8 Å². The van der Waals surface area contributed by atoms with Crippen molar-refractivity contribution in [2.24, 2.45) is 0 Å². The zero-order valence-corrected chi connectivity index (χ0v) is 11.4. The van der Waals surface area contributed by atoms with E-state index in [2.05, 4.69) is 9.97 Å². The number of hydrogen-bond acceptors (Lipinski definition) is 4. The molecule has 2 aromatic heterocycles. The molecular weight excluding hydrogens is 272 g/mol. The van der Waals surface area contributed by atoms with E-state index in [1.807, 2.05) is 35.7 Å². The quantitative estimate of drug-likeness (QED) is 0.797. The first-order valence-corrected chi connectivity index (χ1v) is 7.12. The number of rotatable bonds is 4. The lowest BCUT2D eigenvalue weighted by molar-refractivity contribution is -0.136. The molecule has 0 aliphatic rings. The minimum absolute atomic E-state index is 0.111. The van der Waals surface area contributed by atoms with Crippen LogP contribution in [0.15, 0.2) is 41.9 Å². The molecule has 1 N–H and O–H groups in total. The lowest BCUT2D eigenvalue weighted by Gasteiger charge is -2.02. The number of carboxylic acids is 1. The number of thiazole rings is 1. The van der Waals surface area contributed by atoms with Crippen LogP contribution in [-0.2, 0) is 11.2 Å². The molecule has 100 valence electrons. The number of para-hydroxylation sites is 1. The lowest BCUT2D eigenvalue weighted by Crippen LogP contribution is -1.97. The first kappa shape index (κ1) is 12.7. The number of aromatic nitrogens is 2. The lowest BCUT2D eigenvalue weighted by atomic mass is 10.1. The molecule has 1 aromatic carbocycles. The Balaban J connectivity index is 1.97. The van der Waals surface area contributed by atoms with Gasteiger partial charge in [0.1, 0.15) is 5.01 Å². The molecule has 0 atom stereocenters. The highest BCUT2D eigenvalue weighted by Gasteiger charge is 2.09. The van der Waals surface area contributed by atoms with Crippen LogP contribution in [0, 0.1) is 0 Å². The summed E-state index contributed by atoms with van der Waals surface area (Å²) in [6.07, 6.45) is 2.35. The Morgan fingerprint density at radius 3 is 2.95 bits per heavy atom. The topological polar surface area (TPSA) is 63.1 Å². The number of hydrogen-bond donors (Lipinski definition) is 1. The number of nitrogens with zero attached hydrogens (tertiary/aromatic N) is 2. The van der Waals surface area contributed by atoms with E-state index in [1.165, 1.54) is 11.3 Å². The summed E-state index contributed by atoms with van der Waals surface area (Å²) in [5.41, 5.74) is 2.81. The van der Waals surface area contributed by atoms with Gasteiger partial charge in [-0.15, -0.1) is 11.3 Å². The third kappa shape index (κ3) is 2.53. The minimum Gasteiger partial charge on any atom is -0.481 e. The molecule has 5 heteroatoms. The number of pyridine rings is 1. The fourth-order valence-corrected chi connectivity index (χ4v) is 2.96. The summed E-state index contributed by atoms with van der Waals surface area (Å²) in [6, 6.07) is 9.88. The zero-order valence-electron chi connectivity index (χ0n) is 10.6. The molecule has 0 saturated carbocycles. The Labute approximate surface area is 119 Å². The SMILES string of the molecule is O=C(O)CCc1csc(-c2ccnc3ccccc23)n1. The molecule has 4 nitrogen and oxygen atoms in total. The predicted octanol–water partition coefficient (Wildman–Crippen LogP) is 3.38. The van der Waals surface area contributed by atoms with Gasteiger partial charge >= 0.3 is 5.97 Å². The van der Waals surface area contributed by atoms with Gasteiger partial charge in [-0.3, -0.25) is 9.78 Å². The van der Waals surface area contributed by atoms with Gasteiger partial charge in [0.2, 0.25) is 0 Å². The Bertz CT molecular complexity index is 762. The van der Waals surface area contributed by atoms with Crippen LogP contribution >= 0.6 is 11.3 Å². The van der Waals surface area contributed by atoms with Crippen molar-refractivity contribution in [3.05, 3.63) is 47.6 Å². The number of aryl methyl sites for hydroxylation is 1. The van der Waals surface area contributed by atoms with Crippen LogP contribution in [0.4, 0.5) is 0 Å². The van der Waals surface area contributed by atoms with Gasteiger partial charge in [-0.25, -0.2) is 4.98 Å². The number of fused-ring (bicyclic) bond motifs is 1. The van der Waals surface area contributed by atoms with Crippen molar-refractivity contribution in [2.75, 3.05) is 0 Å². The van der Waals surface area contributed by atoms with Crippen LogP contribution < -0.4 is 0 Å². The smallest absolute Gasteiger partial charge is 0.303 e. The molecule has 0 aliphatic carbocycles. The van der Waals surface area contributed by atoms with Crippen molar-refractivity contribution in [1.29, 1.82) is 0 Å². The summed E-state index contributed by atoms with van der Waals surface area (Å²) in [5, 5.41) is 12.6. The molecule has 0 fully saturated rings. The van der Waals surface area contributed by atoms with Crippen LogP contribution in [-0.4, -0.2) is 21.0 Å². The minimum atomic E-state index is -0.797. The van der Waals surface area contributed by atoms with Crippen molar-refractivity contribution in [1.82, 2.24) is 9.97 Å². The maximum absolute atomic E-state index is 10.6. The van der Waals surface area contributed by atoms with Crippen LogP contribution in [0.3, 0.4) is 0 Å². The molecule has 0 bridgehead atoms. The van der Waals surface area contributed by atoms with Crippen molar-refractivity contribution < 1.29 is 9.90 Å². The Morgan fingerprint density at radius 2 is 2.10 bits per heavy atom. The van der Waals surface area contributed by atoms with E-state index in [1.54, 1.807) is 6.20 Å². The number of aliphatic carboxylic acids is 1. The molecule has 2 heterocycles. The fourth-order valence-electron chi connectivity index (χ4n) is 2.06. The number of carbonyl (C=O) groups is 1. The normalized spacial score (nSPS) is 10.8. The first-order valence-electron chi connectivity index (χ1n) is 6.24. The molecule has 3 rings (SSSR count). The van der Waals surface area contributed by atoms with E-state index < -0.39 is 5.97 Å². The van der Waals surface area contributed by atoms with Gasteiger partial charge in [-0.2, -0.15) is 0 Å². The van der Waals surface area contributed by atoms with Crippen molar-refractivity contribution >= 4 is 28.2 Å². The molecule has 0 unspecified atom stereocenters.